The van der Waals surface area contributed by atoms with Crippen molar-refractivity contribution >= 4 is 11.7 Å². The Morgan fingerprint density at radius 1 is 1.30 bits per heavy atom. The third-order valence-electron chi connectivity index (χ3n) is 2.70. The number of cyclic esters (lactones) is 1. The highest BCUT2D eigenvalue weighted by Gasteiger charge is 2.31. The molecule has 0 radical (unpaired) electrons. The molecule has 0 unspecified atom stereocenters. The van der Waals surface area contributed by atoms with Crippen LogP contribution in [0, 0.1) is 0 Å². The molecule has 0 amide bonds. The van der Waals surface area contributed by atoms with Crippen molar-refractivity contribution in [2.75, 3.05) is 11.9 Å². The Morgan fingerprint density at radius 3 is 2.45 bits per heavy atom. The van der Waals surface area contributed by atoms with E-state index in [1.807, 2.05) is 0 Å². The first kappa shape index (κ1) is 14.2. The zero-order valence-corrected chi connectivity index (χ0v) is 10.6. The van der Waals surface area contributed by atoms with Crippen LogP contribution in [0.3, 0.4) is 0 Å². The lowest BCUT2D eigenvalue weighted by molar-refractivity contribution is -0.274. The van der Waals surface area contributed by atoms with Gasteiger partial charge in [0.2, 0.25) is 0 Å². The van der Waals surface area contributed by atoms with Crippen LogP contribution >= 0.6 is 0 Å². The van der Waals surface area contributed by atoms with E-state index in [9.17, 15) is 18.0 Å². The van der Waals surface area contributed by atoms with E-state index in [1.165, 1.54) is 24.3 Å². The largest absolute Gasteiger partial charge is 0.573 e. The molecule has 20 heavy (non-hydrogen) atoms. The molecule has 7 heteroatoms. The number of benzene rings is 1. The lowest BCUT2D eigenvalue weighted by Crippen LogP contribution is -2.17. The maximum absolute atomic E-state index is 12.0. The molecule has 4 nitrogen and oxygen atoms in total. The topological polar surface area (TPSA) is 47.6 Å². The number of halogens is 3. The molecule has 1 saturated heterocycles. The van der Waals surface area contributed by atoms with Crippen molar-refractivity contribution in [2.45, 2.75) is 19.7 Å². The van der Waals surface area contributed by atoms with E-state index < -0.39 is 6.36 Å². The number of rotatable bonds is 3. The summed E-state index contributed by atoms with van der Waals surface area (Å²) in [5, 5.41) is 2.95. The Kier molecular flexibility index (Phi) is 3.87. The number of ether oxygens (including phenoxy) is 2. The zero-order chi connectivity index (χ0) is 14.8. The molecule has 0 aromatic heterocycles. The molecule has 0 spiro atoms. The molecular weight excluding hydrogens is 275 g/mol. The highest BCUT2D eigenvalue weighted by molar-refractivity contribution is 5.91. The molecule has 108 valence electrons. The van der Waals surface area contributed by atoms with Gasteiger partial charge < -0.3 is 14.8 Å². The number of nitrogens with one attached hydrogen (secondary N) is 1. The first-order chi connectivity index (χ1) is 9.35. The van der Waals surface area contributed by atoms with Crippen molar-refractivity contribution in [3.8, 4) is 5.75 Å². The molecule has 2 rings (SSSR count). The van der Waals surface area contributed by atoms with E-state index in [2.05, 4.69) is 10.1 Å². The molecule has 1 aromatic rings. The van der Waals surface area contributed by atoms with Crippen molar-refractivity contribution in [1.29, 1.82) is 0 Å². The van der Waals surface area contributed by atoms with E-state index in [4.69, 9.17) is 4.74 Å². The normalized spacial score (nSPS) is 17.7. The molecule has 1 N–H and O–H groups in total. The maximum atomic E-state index is 12.0. The Balaban J connectivity index is 2.06. The summed E-state index contributed by atoms with van der Waals surface area (Å²) in [6.45, 7) is 2.06. The Hall–Kier alpha value is -2.18. The van der Waals surface area contributed by atoms with E-state index in [0.717, 1.165) is 0 Å². The smallest absolute Gasteiger partial charge is 0.462 e. The third kappa shape index (κ3) is 3.66. The van der Waals surface area contributed by atoms with E-state index in [0.29, 0.717) is 30.0 Å². The minimum Gasteiger partial charge on any atom is -0.462 e. The molecule has 1 aliphatic rings. The second-order valence-corrected chi connectivity index (χ2v) is 4.19. The summed E-state index contributed by atoms with van der Waals surface area (Å²) in [6.07, 6.45) is -4.19. The third-order valence-corrected chi connectivity index (χ3v) is 2.70. The summed E-state index contributed by atoms with van der Waals surface area (Å²) in [7, 11) is 0. The van der Waals surface area contributed by atoms with Crippen LogP contribution in [0.15, 0.2) is 35.5 Å². The average Bonchev–Trinajstić information content (AvgIpc) is 2.76. The summed E-state index contributed by atoms with van der Waals surface area (Å²) < 4.78 is 44.6. The summed E-state index contributed by atoms with van der Waals surface area (Å²) in [5.41, 5.74) is 1.72. The number of anilines is 1. The predicted octanol–water partition coefficient (Wildman–Crippen LogP) is 3.22. The van der Waals surface area contributed by atoms with Gasteiger partial charge in [-0.3, -0.25) is 0 Å². The molecule has 1 aromatic carbocycles. The van der Waals surface area contributed by atoms with Crippen LogP contribution in [-0.4, -0.2) is 18.9 Å². The van der Waals surface area contributed by atoms with Crippen LogP contribution in [0.1, 0.15) is 13.3 Å². The number of carbonyl (C=O) groups is 1. The van der Waals surface area contributed by atoms with Gasteiger partial charge in [0.15, 0.2) is 0 Å². The summed E-state index contributed by atoms with van der Waals surface area (Å²) >= 11 is 0. The van der Waals surface area contributed by atoms with Gasteiger partial charge in [-0.15, -0.1) is 13.2 Å². The van der Waals surface area contributed by atoms with Crippen molar-refractivity contribution in [2.24, 2.45) is 0 Å². The van der Waals surface area contributed by atoms with Crippen LogP contribution in [0.4, 0.5) is 18.9 Å². The lowest BCUT2D eigenvalue weighted by atomic mass is 10.2. The second-order valence-electron chi connectivity index (χ2n) is 4.19. The van der Waals surface area contributed by atoms with E-state index >= 15 is 0 Å². The van der Waals surface area contributed by atoms with Gasteiger partial charge in [-0.2, -0.15) is 0 Å². The van der Waals surface area contributed by atoms with Crippen LogP contribution in [0.2, 0.25) is 0 Å². The molecule has 0 saturated carbocycles. The van der Waals surface area contributed by atoms with Gasteiger partial charge >= 0.3 is 12.3 Å². The van der Waals surface area contributed by atoms with Crippen molar-refractivity contribution in [1.82, 2.24) is 0 Å². The molecular formula is C13H12F3NO3. The minimum atomic E-state index is -4.71. The van der Waals surface area contributed by atoms with E-state index in [1.54, 1.807) is 6.92 Å². The number of hydrogen-bond acceptors (Lipinski definition) is 4. The average molecular weight is 287 g/mol. The molecule has 0 atom stereocenters. The van der Waals surface area contributed by atoms with Gasteiger partial charge in [-0.05, 0) is 31.2 Å². The van der Waals surface area contributed by atoms with Crippen LogP contribution in [0.25, 0.3) is 0 Å². The Labute approximate surface area is 113 Å². The van der Waals surface area contributed by atoms with Gasteiger partial charge in [-0.25, -0.2) is 4.79 Å². The molecule has 1 aliphatic heterocycles. The Bertz CT molecular complexity index is 535. The van der Waals surface area contributed by atoms with Gasteiger partial charge in [-0.1, -0.05) is 0 Å². The standard InChI is InChI=1S/C13H12F3NO3/c1-8(11-6-7-19-12(11)18)17-9-2-4-10(5-3-9)20-13(14,15)16/h2-5,17H,6-7H2,1H3/b11-8-. The van der Waals surface area contributed by atoms with Gasteiger partial charge in [0.25, 0.3) is 0 Å². The Morgan fingerprint density at radius 2 is 1.95 bits per heavy atom. The number of carbonyl (C=O) groups excluding carboxylic acids is 1. The van der Waals surface area contributed by atoms with Crippen molar-refractivity contribution in [3.05, 3.63) is 35.5 Å². The number of alkyl halides is 3. The quantitative estimate of drug-likeness (QED) is 0.685. The fourth-order valence-corrected chi connectivity index (χ4v) is 1.81. The van der Waals surface area contributed by atoms with Gasteiger partial charge in [0.05, 0.1) is 12.2 Å². The first-order valence-corrected chi connectivity index (χ1v) is 5.85. The zero-order valence-electron chi connectivity index (χ0n) is 10.6. The summed E-state index contributed by atoms with van der Waals surface area (Å²) in [4.78, 5) is 11.4. The number of allylic oxidation sites excluding steroid dienone is 1. The van der Waals surface area contributed by atoms with Gasteiger partial charge in [0.1, 0.15) is 5.75 Å². The minimum absolute atomic E-state index is 0.298. The van der Waals surface area contributed by atoms with E-state index in [-0.39, 0.29) is 11.7 Å². The highest BCUT2D eigenvalue weighted by Crippen LogP contribution is 2.25. The summed E-state index contributed by atoms with van der Waals surface area (Å²) in [5.74, 6) is -0.666. The maximum Gasteiger partial charge on any atom is 0.573 e. The van der Waals surface area contributed by atoms with Gasteiger partial charge in [0, 0.05) is 17.8 Å². The number of esters is 1. The molecule has 1 heterocycles. The van der Waals surface area contributed by atoms with Crippen LogP contribution < -0.4 is 10.1 Å². The molecule has 1 fully saturated rings. The monoisotopic (exact) mass is 287 g/mol. The fourth-order valence-electron chi connectivity index (χ4n) is 1.81. The van der Waals surface area contributed by atoms with Crippen molar-refractivity contribution in [3.63, 3.8) is 0 Å². The van der Waals surface area contributed by atoms with Crippen LogP contribution in [-0.2, 0) is 9.53 Å². The molecule has 0 aliphatic carbocycles. The number of hydrogen-bond donors (Lipinski definition) is 1. The fraction of sp³-hybridized carbons (Fsp3) is 0.308. The lowest BCUT2D eigenvalue weighted by Gasteiger charge is -2.11. The van der Waals surface area contributed by atoms with Crippen molar-refractivity contribution < 1.29 is 27.4 Å². The molecule has 0 bridgehead atoms. The second kappa shape index (κ2) is 5.44. The summed E-state index contributed by atoms with van der Waals surface area (Å²) in [6, 6.07) is 5.26. The van der Waals surface area contributed by atoms with Crippen LogP contribution in [0.5, 0.6) is 5.75 Å². The predicted molar refractivity (Wildman–Crippen MR) is 65.0 cm³/mol. The SMILES string of the molecule is C/C(Nc1ccc(OC(F)(F)F)cc1)=C1\CCOC1=O. The first-order valence-electron chi connectivity index (χ1n) is 5.85. The highest BCUT2D eigenvalue weighted by atomic mass is 19.4.